The quantitative estimate of drug-likeness (QED) is 0.645. The Morgan fingerprint density at radius 2 is 2.00 bits per heavy atom. The van der Waals surface area contributed by atoms with Gasteiger partial charge in [0, 0.05) is 0 Å². The van der Waals surface area contributed by atoms with Crippen molar-refractivity contribution in [2.45, 2.75) is 6.04 Å². The Morgan fingerprint density at radius 1 is 1.35 bits per heavy atom. The first kappa shape index (κ1) is 12.7. The molecule has 5 heteroatoms. The Bertz CT molecular complexity index is 437. The van der Waals surface area contributed by atoms with Gasteiger partial charge in [-0.25, -0.2) is 4.79 Å². The lowest BCUT2D eigenvalue weighted by atomic mass is 10.1. The molecule has 0 unspecified atom stereocenters. The van der Waals surface area contributed by atoms with Crippen LogP contribution < -0.4 is 16.4 Å². The Morgan fingerprint density at radius 3 is 2.53 bits per heavy atom. The minimum absolute atomic E-state index is 0.214. The standard InChI is InChI=1S/C12H13N3O2/c1-2-8-14-10(11(16)15-12(13)17)9-6-4-3-5-7-9/h1,3-7,10,14H,8H2,(H3,13,15,16,17)/t10-/m1/s1. The number of hydrogen-bond acceptors (Lipinski definition) is 3. The largest absolute Gasteiger partial charge is 0.351 e. The minimum Gasteiger partial charge on any atom is -0.351 e. The molecule has 4 N–H and O–H groups in total. The van der Waals surface area contributed by atoms with E-state index in [2.05, 4.69) is 11.2 Å². The van der Waals surface area contributed by atoms with Crippen LogP contribution in [0.1, 0.15) is 11.6 Å². The second-order valence-electron chi connectivity index (χ2n) is 3.28. The zero-order valence-electron chi connectivity index (χ0n) is 9.14. The van der Waals surface area contributed by atoms with Gasteiger partial charge in [0.05, 0.1) is 6.54 Å². The molecule has 0 heterocycles. The summed E-state index contributed by atoms with van der Waals surface area (Å²) < 4.78 is 0. The van der Waals surface area contributed by atoms with E-state index in [0.717, 1.165) is 0 Å². The molecule has 1 atom stereocenters. The van der Waals surface area contributed by atoms with Crippen molar-refractivity contribution < 1.29 is 9.59 Å². The van der Waals surface area contributed by atoms with Gasteiger partial charge in [0.2, 0.25) is 5.91 Å². The van der Waals surface area contributed by atoms with Gasteiger partial charge in [-0.2, -0.15) is 0 Å². The number of imide groups is 1. The summed E-state index contributed by atoms with van der Waals surface area (Å²) in [6.07, 6.45) is 5.12. The lowest BCUT2D eigenvalue weighted by Gasteiger charge is -2.16. The van der Waals surface area contributed by atoms with E-state index in [1.165, 1.54) is 0 Å². The second kappa shape index (κ2) is 6.30. The van der Waals surface area contributed by atoms with Gasteiger partial charge in [-0.1, -0.05) is 36.3 Å². The first-order valence-corrected chi connectivity index (χ1v) is 4.97. The van der Waals surface area contributed by atoms with E-state index >= 15 is 0 Å². The van der Waals surface area contributed by atoms with Crippen LogP contribution in [0.3, 0.4) is 0 Å². The zero-order chi connectivity index (χ0) is 12.7. The molecule has 0 aliphatic rings. The van der Waals surface area contributed by atoms with Gasteiger partial charge in [0.1, 0.15) is 6.04 Å². The molecular formula is C12H13N3O2. The highest BCUT2D eigenvalue weighted by molar-refractivity contribution is 5.96. The predicted octanol–water partition coefficient (Wildman–Crippen LogP) is 0.145. The van der Waals surface area contributed by atoms with E-state index in [4.69, 9.17) is 12.2 Å². The number of nitrogens with two attached hydrogens (primary N) is 1. The van der Waals surface area contributed by atoms with Gasteiger partial charge >= 0.3 is 6.03 Å². The topological polar surface area (TPSA) is 84.2 Å². The third-order valence-electron chi connectivity index (χ3n) is 2.05. The monoisotopic (exact) mass is 231 g/mol. The van der Waals surface area contributed by atoms with Crippen LogP contribution in [0.2, 0.25) is 0 Å². The van der Waals surface area contributed by atoms with Gasteiger partial charge in [-0.3, -0.25) is 15.4 Å². The van der Waals surface area contributed by atoms with Crippen LogP contribution in [0, 0.1) is 12.3 Å². The van der Waals surface area contributed by atoms with Crippen LogP contribution in [0.25, 0.3) is 0 Å². The molecule has 0 radical (unpaired) electrons. The fraction of sp³-hybridized carbons (Fsp3) is 0.167. The summed E-state index contributed by atoms with van der Waals surface area (Å²) in [6, 6.07) is 7.34. The number of carbonyl (C=O) groups is 2. The van der Waals surface area contributed by atoms with Crippen LogP contribution >= 0.6 is 0 Å². The zero-order valence-corrected chi connectivity index (χ0v) is 9.14. The van der Waals surface area contributed by atoms with Gasteiger partial charge in [-0.05, 0) is 5.56 Å². The van der Waals surface area contributed by atoms with Gasteiger partial charge in [0.15, 0.2) is 0 Å². The molecule has 0 spiro atoms. The van der Waals surface area contributed by atoms with E-state index in [0.29, 0.717) is 5.56 Å². The molecule has 0 fully saturated rings. The molecule has 0 saturated carbocycles. The Kier molecular flexibility index (Phi) is 4.73. The number of nitrogens with one attached hydrogen (secondary N) is 2. The van der Waals surface area contributed by atoms with E-state index in [1.54, 1.807) is 24.3 Å². The van der Waals surface area contributed by atoms with Crippen LogP contribution in [0.4, 0.5) is 4.79 Å². The van der Waals surface area contributed by atoms with Crippen molar-refractivity contribution in [3.63, 3.8) is 0 Å². The fourth-order valence-electron chi connectivity index (χ4n) is 1.36. The van der Waals surface area contributed by atoms with E-state index in [9.17, 15) is 9.59 Å². The summed E-state index contributed by atoms with van der Waals surface area (Å²) in [6.45, 7) is 0.214. The molecule has 88 valence electrons. The Labute approximate surface area is 99.4 Å². The molecule has 1 aromatic rings. The van der Waals surface area contributed by atoms with Gasteiger partial charge in [0.25, 0.3) is 0 Å². The Hall–Kier alpha value is -2.32. The fourth-order valence-corrected chi connectivity index (χ4v) is 1.36. The number of carbonyl (C=O) groups excluding carboxylic acids is 2. The summed E-state index contributed by atoms with van der Waals surface area (Å²) in [4.78, 5) is 22.4. The highest BCUT2D eigenvalue weighted by atomic mass is 16.2. The van der Waals surface area contributed by atoms with Crippen molar-refractivity contribution in [1.82, 2.24) is 10.6 Å². The molecule has 3 amide bonds. The van der Waals surface area contributed by atoms with Crippen LogP contribution in [0.15, 0.2) is 30.3 Å². The van der Waals surface area contributed by atoms with Crippen molar-refractivity contribution >= 4 is 11.9 Å². The summed E-state index contributed by atoms with van der Waals surface area (Å²) in [5.74, 6) is 1.84. The maximum Gasteiger partial charge on any atom is 0.318 e. The highest BCUT2D eigenvalue weighted by Gasteiger charge is 2.20. The number of primary amides is 1. The third-order valence-corrected chi connectivity index (χ3v) is 2.05. The predicted molar refractivity (Wildman–Crippen MR) is 63.7 cm³/mol. The molecule has 0 aliphatic heterocycles. The first-order valence-electron chi connectivity index (χ1n) is 4.97. The number of benzene rings is 1. The number of terminal acetylenes is 1. The molecule has 5 nitrogen and oxygen atoms in total. The van der Waals surface area contributed by atoms with Crippen molar-refractivity contribution in [3.05, 3.63) is 35.9 Å². The average Bonchev–Trinajstić information content (AvgIpc) is 2.30. The normalized spacial score (nSPS) is 11.2. The molecule has 1 aromatic carbocycles. The number of urea groups is 1. The number of amides is 3. The van der Waals surface area contributed by atoms with Crippen molar-refractivity contribution in [1.29, 1.82) is 0 Å². The summed E-state index contributed by atoms with van der Waals surface area (Å²) in [5, 5.41) is 4.85. The smallest absolute Gasteiger partial charge is 0.318 e. The lowest BCUT2D eigenvalue weighted by Crippen LogP contribution is -2.43. The summed E-state index contributed by atoms with van der Waals surface area (Å²) in [7, 11) is 0. The molecule has 0 saturated heterocycles. The van der Waals surface area contributed by atoms with Crippen LogP contribution in [-0.4, -0.2) is 18.5 Å². The lowest BCUT2D eigenvalue weighted by molar-refractivity contribution is -0.122. The molecule has 0 aliphatic carbocycles. The highest BCUT2D eigenvalue weighted by Crippen LogP contribution is 2.12. The van der Waals surface area contributed by atoms with Crippen LogP contribution in [0.5, 0.6) is 0 Å². The number of rotatable bonds is 4. The number of hydrogen-bond donors (Lipinski definition) is 3. The van der Waals surface area contributed by atoms with E-state index < -0.39 is 18.0 Å². The summed E-state index contributed by atoms with van der Waals surface area (Å²) >= 11 is 0. The molecule has 17 heavy (non-hydrogen) atoms. The van der Waals surface area contributed by atoms with Gasteiger partial charge < -0.3 is 5.73 Å². The molecule has 0 aromatic heterocycles. The van der Waals surface area contributed by atoms with Crippen molar-refractivity contribution in [2.24, 2.45) is 5.73 Å². The maximum atomic E-state index is 11.7. The summed E-state index contributed by atoms with van der Waals surface area (Å²) in [5.41, 5.74) is 5.61. The van der Waals surface area contributed by atoms with E-state index in [1.807, 2.05) is 11.4 Å². The molecule has 1 rings (SSSR count). The van der Waals surface area contributed by atoms with Crippen molar-refractivity contribution in [3.8, 4) is 12.3 Å². The minimum atomic E-state index is -0.890. The third kappa shape index (κ3) is 3.97. The van der Waals surface area contributed by atoms with Gasteiger partial charge in [-0.15, -0.1) is 6.42 Å². The van der Waals surface area contributed by atoms with Crippen LogP contribution in [-0.2, 0) is 4.79 Å². The molecular weight excluding hydrogens is 218 g/mol. The second-order valence-corrected chi connectivity index (χ2v) is 3.28. The first-order chi connectivity index (χ1) is 8.15. The Balaban J connectivity index is 2.84. The van der Waals surface area contributed by atoms with Crippen molar-refractivity contribution in [2.75, 3.05) is 6.54 Å². The average molecular weight is 231 g/mol. The molecule has 0 bridgehead atoms. The SMILES string of the molecule is C#CCN[C@@H](C(=O)NC(N)=O)c1ccccc1. The maximum absolute atomic E-state index is 11.7. The van der Waals surface area contributed by atoms with E-state index in [-0.39, 0.29) is 6.54 Å².